The largest absolute Gasteiger partial charge is 0.466 e. The Morgan fingerprint density at radius 2 is 0.723 bits per heavy atom. The van der Waals surface area contributed by atoms with Crippen LogP contribution in [0.2, 0.25) is 0 Å². The molecule has 0 saturated heterocycles. The summed E-state index contributed by atoms with van der Waals surface area (Å²) in [6.45, 7) is 4.94. The number of nitrogens with one attached hydrogen (secondary N) is 1. The summed E-state index contributed by atoms with van der Waals surface area (Å²) in [5, 5.41) is 23.3. The fraction of sp³-hybridized carbons (Fsp3) is 0.898. The van der Waals surface area contributed by atoms with Crippen molar-refractivity contribution in [1.82, 2.24) is 5.32 Å². The maximum Gasteiger partial charge on any atom is 0.305 e. The summed E-state index contributed by atoms with van der Waals surface area (Å²) in [6, 6.07) is -0.550. The quantitative estimate of drug-likeness (QED) is 0.0321. The minimum absolute atomic E-state index is 0.00943. The van der Waals surface area contributed by atoms with Gasteiger partial charge in [-0.3, -0.25) is 9.59 Å². The maximum atomic E-state index is 12.5. The van der Waals surface area contributed by atoms with E-state index < -0.39 is 12.1 Å². The van der Waals surface area contributed by atoms with Crippen molar-refractivity contribution >= 4 is 11.9 Å². The van der Waals surface area contributed by atoms with Crippen molar-refractivity contribution in [2.24, 2.45) is 0 Å². The second-order valence-corrected chi connectivity index (χ2v) is 20.0. The van der Waals surface area contributed by atoms with Crippen molar-refractivity contribution in [3.63, 3.8) is 0 Å². The molecule has 0 aliphatic rings. The molecule has 0 aromatic heterocycles. The molecule has 0 aliphatic carbocycles. The van der Waals surface area contributed by atoms with Crippen LogP contribution in [0, 0.1) is 0 Å². The van der Waals surface area contributed by atoms with Crippen molar-refractivity contribution in [3.05, 3.63) is 24.3 Å². The van der Waals surface area contributed by atoms with Gasteiger partial charge in [0.15, 0.2) is 0 Å². The Hall–Kier alpha value is -1.66. The van der Waals surface area contributed by atoms with Crippen LogP contribution >= 0.6 is 0 Å². The molecule has 0 rings (SSSR count). The number of hydrogen-bond acceptors (Lipinski definition) is 5. The van der Waals surface area contributed by atoms with Crippen molar-refractivity contribution in [2.45, 2.75) is 328 Å². The molecule has 6 heteroatoms. The van der Waals surface area contributed by atoms with E-state index in [9.17, 15) is 19.8 Å². The first kappa shape index (κ1) is 63.3. The molecule has 3 N–H and O–H groups in total. The Morgan fingerprint density at radius 3 is 1.09 bits per heavy atom. The topological polar surface area (TPSA) is 95.9 Å². The van der Waals surface area contributed by atoms with Gasteiger partial charge in [-0.15, -0.1) is 0 Å². The van der Waals surface area contributed by atoms with Gasteiger partial charge in [0.1, 0.15) is 0 Å². The van der Waals surface area contributed by atoms with Gasteiger partial charge in [-0.05, 0) is 77.0 Å². The van der Waals surface area contributed by atoms with E-state index in [0.29, 0.717) is 25.9 Å². The van der Waals surface area contributed by atoms with Gasteiger partial charge >= 0.3 is 5.97 Å². The summed E-state index contributed by atoms with van der Waals surface area (Å²) >= 11 is 0. The van der Waals surface area contributed by atoms with Gasteiger partial charge in [-0.2, -0.15) is 0 Å². The summed E-state index contributed by atoms with van der Waals surface area (Å²) in [5.41, 5.74) is 0. The Balaban J connectivity index is 3.46. The molecule has 0 radical (unpaired) electrons. The number of aliphatic hydroxyl groups excluding tert-OH is 2. The molecule has 0 saturated carbocycles. The Morgan fingerprint density at radius 1 is 0.415 bits per heavy atom. The zero-order chi connectivity index (χ0) is 47.2. The predicted octanol–water partition coefficient (Wildman–Crippen LogP) is 17.9. The monoisotopic (exact) mass is 916 g/mol. The van der Waals surface area contributed by atoms with Gasteiger partial charge in [-0.1, -0.05) is 250 Å². The van der Waals surface area contributed by atoms with E-state index in [1.807, 2.05) is 0 Å². The zero-order valence-corrected chi connectivity index (χ0v) is 43.7. The van der Waals surface area contributed by atoms with E-state index in [0.717, 1.165) is 57.8 Å². The number of carbonyl (C=O) groups excluding carboxylic acids is 2. The fourth-order valence-corrected chi connectivity index (χ4v) is 8.98. The molecule has 0 aromatic rings. The lowest BCUT2D eigenvalue weighted by molar-refractivity contribution is -0.143. The highest BCUT2D eigenvalue weighted by atomic mass is 16.5. The minimum atomic E-state index is -0.672. The molecule has 2 atom stereocenters. The molecule has 0 bridgehead atoms. The average Bonchev–Trinajstić information content (AvgIpc) is 3.31. The van der Waals surface area contributed by atoms with E-state index in [4.69, 9.17) is 4.74 Å². The molecule has 6 nitrogen and oxygen atoms in total. The number of rotatable bonds is 54. The molecule has 0 aliphatic heterocycles. The van der Waals surface area contributed by atoms with Crippen LogP contribution in [-0.2, 0) is 14.3 Å². The van der Waals surface area contributed by atoms with E-state index in [2.05, 4.69) is 43.5 Å². The van der Waals surface area contributed by atoms with Crippen LogP contribution < -0.4 is 5.32 Å². The molecule has 0 fully saturated rings. The third-order valence-corrected chi connectivity index (χ3v) is 13.5. The van der Waals surface area contributed by atoms with Crippen LogP contribution in [0.3, 0.4) is 0 Å². The molecule has 2 unspecified atom stereocenters. The molecule has 65 heavy (non-hydrogen) atoms. The molecule has 1 amide bonds. The summed E-state index contributed by atoms with van der Waals surface area (Å²) in [4.78, 5) is 24.5. The van der Waals surface area contributed by atoms with Crippen molar-refractivity contribution in [3.8, 4) is 0 Å². The van der Waals surface area contributed by atoms with Crippen LogP contribution in [0.4, 0.5) is 0 Å². The Kier molecular flexibility index (Phi) is 53.5. The molecule has 0 heterocycles. The van der Waals surface area contributed by atoms with E-state index in [-0.39, 0.29) is 18.5 Å². The van der Waals surface area contributed by atoms with Crippen LogP contribution in [0.25, 0.3) is 0 Å². The maximum absolute atomic E-state index is 12.5. The van der Waals surface area contributed by atoms with Gasteiger partial charge in [0, 0.05) is 12.8 Å². The molecular formula is C59H113NO5. The number of carbonyl (C=O) groups is 2. The second-order valence-electron chi connectivity index (χ2n) is 20.0. The number of ether oxygens (including phenoxy) is 1. The van der Waals surface area contributed by atoms with Gasteiger partial charge in [-0.25, -0.2) is 0 Å². The summed E-state index contributed by atoms with van der Waals surface area (Å²) in [6.07, 6.45) is 65.9. The fourth-order valence-electron chi connectivity index (χ4n) is 8.98. The zero-order valence-electron chi connectivity index (χ0n) is 43.7. The van der Waals surface area contributed by atoms with E-state index in [1.165, 1.54) is 225 Å². The normalized spacial score (nSPS) is 12.7. The highest BCUT2D eigenvalue weighted by Gasteiger charge is 2.20. The van der Waals surface area contributed by atoms with Gasteiger partial charge in [0.2, 0.25) is 5.91 Å². The number of esters is 1. The SMILES string of the molecule is CCCCCCCC/C=C\CCCCCCCC(=O)OCCCCCCCC/C=C\CCCCCCCCCC(=O)NC(CO)C(O)CCCCCCCCCCCCCCCCCC. The van der Waals surface area contributed by atoms with Gasteiger partial charge in [0.05, 0.1) is 25.4 Å². The Labute approximate surface area is 405 Å². The molecule has 384 valence electrons. The first-order valence-electron chi connectivity index (χ1n) is 29.1. The number of amides is 1. The van der Waals surface area contributed by atoms with Crippen LogP contribution in [0.1, 0.15) is 316 Å². The first-order valence-corrected chi connectivity index (χ1v) is 29.1. The van der Waals surface area contributed by atoms with Crippen molar-refractivity contribution < 1.29 is 24.5 Å². The molecule has 0 spiro atoms. The van der Waals surface area contributed by atoms with Crippen LogP contribution in [-0.4, -0.2) is 47.4 Å². The predicted molar refractivity (Wildman–Crippen MR) is 283 cm³/mol. The van der Waals surface area contributed by atoms with E-state index in [1.54, 1.807) is 0 Å². The van der Waals surface area contributed by atoms with Crippen molar-refractivity contribution in [2.75, 3.05) is 13.2 Å². The lowest BCUT2D eigenvalue weighted by Crippen LogP contribution is -2.45. The van der Waals surface area contributed by atoms with Crippen LogP contribution in [0.15, 0.2) is 24.3 Å². The van der Waals surface area contributed by atoms with Crippen LogP contribution in [0.5, 0.6) is 0 Å². The van der Waals surface area contributed by atoms with Crippen molar-refractivity contribution in [1.29, 1.82) is 0 Å². The number of aliphatic hydroxyl groups is 2. The lowest BCUT2D eigenvalue weighted by atomic mass is 10.0. The third-order valence-electron chi connectivity index (χ3n) is 13.5. The summed E-state index contributed by atoms with van der Waals surface area (Å²) in [5.74, 6) is -0.0551. The lowest BCUT2D eigenvalue weighted by Gasteiger charge is -2.22. The first-order chi connectivity index (χ1) is 32.0. The number of unbranched alkanes of at least 4 members (excludes halogenated alkanes) is 39. The summed E-state index contributed by atoms with van der Waals surface area (Å²) in [7, 11) is 0. The minimum Gasteiger partial charge on any atom is -0.466 e. The standard InChI is InChI=1S/C59H113NO5/c1-3-5-7-9-11-13-15-17-19-24-27-31-35-39-43-47-51-57(62)56(55-61)60-58(63)52-48-44-40-36-32-28-25-21-20-22-26-30-34-38-42-46-50-54-65-59(64)53-49-45-41-37-33-29-23-18-16-14-12-10-8-6-4-2/h18,20,22-23,56-57,61-62H,3-17,19,21,24-55H2,1-2H3,(H,60,63)/b22-20-,23-18-. The number of hydrogen-bond donors (Lipinski definition) is 3. The number of allylic oxidation sites excluding steroid dienone is 4. The van der Waals surface area contributed by atoms with Gasteiger partial charge in [0.25, 0.3) is 0 Å². The third kappa shape index (κ3) is 51.6. The van der Waals surface area contributed by atoms with Gasteiger partial charge < -0.3 is 20.3 Å². The second kappa shape index (κ2) is 54.9. The highest BCUT2D eigenvalue weighted by molar-refractivity contribution is 5.76. The summed E-state index contributed by atoms with van der Waals surface area (Å²) < 4.78 is 5.47. The smallest absolute Gasteiger partial charge is 0.305 e. The highest BCUT2D eigenvalue weighted by Crippen LogP contribution is 2.17. The average molecular weight is 917 g/mol. The Bertz CT molecular complexity index is 1010. The molecular weight excluding hydrogens is 803 g/mol. The van der Waals surface area contributed by atoms with E-state index >= 15 is 0 Å². The molecule has 0 aromatic carbocycles.